The fraction of sp³-hybridized carbons (Fsp3) is 0.0909. The number of ether oxygens (including phenoxy) is 1. The van der Waals surface area contributed by atoms with Crippen LogP contribution in [-0.2, 0) is 9.53 Å². The first-order valence-electron chi connectivity index (χ1n) is 4.10. The van der Waals surface area contributed by atoms with Crippen LogP contribution in [0.15, 0.2) is 30.3 Å². The highest BCUT2D eigenvalue weighted by Gasteiger charge is 2.16. The van der Waals surface area contributed by atoms with E-state index in [4.69, 9.17) is 0 Å². The third-order valence-electron chi connectivity index (χ3n) is 1.56. The lowest BCUT2D eigenvalue weighted by molar-refractivity contribution is -0.136. The first-order valence-corrected chi connectivity index (χ1v) is 4.90. The monoisotopic (exact) mass is 266 g/mol. The van der Waals surface area contributed by atoms with Crippen molar-refractivity contribution >= 4 is 27.7 Å². The number of halogens is 1. The minimum Gasteiger partial charge on any atom is -0.446 e. The Kier molecular flexibility index (Phi) is 4.58. The number of carbonyl (C=O) groups is 2. The summed E-state index contributed by atoms with van der Waals surface area (Å²) in [5.74, 6) is 0.904. The topological polar surface area (TPSA) is 43.4 Å². The fourth-order valence-electron chi connectivity index (χ4n) is 0.902. The van der Waals surface area contributed by atoms with Crippen molar-refractivity contribution in [1.29, 1.82) is 0 Å². The molecule has 1 aromatic rings. The highest BCUT2D eigenvalue weighted by Crippen LogP contribution is 2.01. The summed E-state index contributed by atoms with van der Waals surface area (Å²) in [6.45, 7) is -0.0946. The third kappa shape index (κ3) is 3.56. The van der Waals surface area contributed by atoms with Crippen molar-refractivity contribution < 1.29 is 14.3 Å². The van der Waals surface area contributed by atoms with Gasteiger partial charge in [0.05, 0.1) is 0 Å². The molecule has 0 fully saturated rings. The summed E-state index contributed by atoms with van der Waals surface area (Å²) >= 11 is 2.84. The van der Waals surface area contributed by atoms with Crippen LogP contribution in [0.1, 0.15) is 10.4 Å². The molecule has 0 N–H and O–H groups in total. The summed E-state index contributed by atoms with van der Waals surface area (Å²) in [6, 6.07) is 8.23. The zero-order valence-electron chi connectivity index (χ0n) is 7.70. The van der Waals surface area contributed by atoms with Gasteiger partial charge in [-0.1, -0.05) is 30.3 Å². The summed E-state index contributed by atoms with van der Waals surface area (Å²) in [4.78, 5) is 24.9. The number of hydrogen-bond donors (Lipinski definition) is 0. The van der Waals surface area contributed by atoms with Gasteiger partial charge in [-0.25, -0.2) is 4.79 Å². The van der Waals surface area contributed by atoms with Gasteiger partial charge in [0.2, 0.25) is 0 Å². The second kappa shape index (κ2) is 5.99. The van der Waals surface area contributed by atoms with Gasteiger partial charge in [0.1, 0.15) is 0 Å². The minimum atomic E-state index is -0.892. The van der Waals surface area contributed by atoms with Crippen molar-refractivity contribution in [3.05, 3.63) is 35.9 Å². The van der Waals surface area contributed by atoms with E-state index in [1.54, 1.807) is 30.3 Å². The van der Waals surface area contributed by atoms with Gasteiger partial charge in [-0.15, -0.1) is 0 Å². The molecule has 1 aromatic carbocycles. The van der Waals surface area contributed by atoms with Gasteiger partial charge >= 0.3 is 5.97 Å². The Morgan fingerprint density at radius 2 is 1.93 bits per heavy atom. The largest absolute Gasteiger partial charge is 0.446 e. The lowest BCUT2D eigenvalue weighted by Crippen LogP contribution is -2.17. The second-order valence-electron chi connectivity index (χ2n) is 2.54. The maximum Gasteiger partial charge on any atom is 0.380 e. The highest BCUT2D eigenvalue weighted by atomic mass is 79.9. The molecular formula is C11H7BrO3. The van der Waals surface area contributed by atoms with Gasteiger partial charge in [0.25, 0.3) is 5.78 Å². The van der Waals surface area contributed by atoms with Gasteiger partial charge in [-0.05, 0) is 10.8 Å². The Bertz CT molecular complexity index is 414. The molecule has 0 saturated carbocycles. The maximum absolute atomic E-state index is 11.4. The molecule has 1 rings (SSSR count). The van der Waals surface area contributed by atoms with E-state index in [2.05, 4.69) is 31.4 Å². The second-order valence-corrected chi connectivity index (χ2v) is 2.94. The zero-order valence-corrected chi connectivity index (χ0v) is 9.28. The van der Waals surface area contributed by atoms with Crippen LogP contribution in [-0.4, -0.2) is 18.4 Å². The summed E-state index contributed by atoms with van der Waals surface area (Å²) in [7, 11) is 0. The van der Waals surface area contributed by atoms with E-state index in [0.717, 1.165) is 0 Å². The summed E-state index contributed by atoms with van der Waals surface area (Å²) in [5, 5.41) is 0. The van der Waals surface area contributed by atoms with E-state index in [9.17, 15) is 9.59 Å². The van der Waals surface area contributed by atoms with Crippen molar-refractivity contribution in [3.8, 4) is 10.8 Å². The number of esters is 1. The van der Waals surface area contributed by atoms with Gasteiger partial charge in [-0.2, -0.15) is 0 Å². The highest BCUT2D eigenvalue weighted by molar-refractivity contribution is 9.12. The number of benzene rings is 1. The first kappa shape index (κ1) is 11.5. The lowest BCUT2D eigenvalue weighted by Gasteiger charge is -1.99. The molecule has 0 heterocycles. The molecule has 0 aromatic heterocycles. The quantitative estimate of drug-likeness (QED) is 0.363. The molecule has 0 amide bonds. The van der Waals surface area contributed by atoms with Gasteiger partial charge < -0.3 is 4.74 Å². The normalized spacial score (nSPS) is 8.60. The number of hydrogen-bond acceptors (Lipinski definition) is 3. The Hall–Kier alpha value is -1.60. The third-order valence-corrected chi connectivity index (χ3v) is 1.84. The molecule has 0 unspecified atom stereocenters. The van der Waals surface area contributed by atoms with Crippen LogP contribution < -0.4 is 0 Å². The molecule has 0 aliphatic carbocycles. The molecular weight excluding hydrogens is 260 g/mol. The molecule has 0 bridgehead atoms. The van der Waals surface area contributed by atoms with Crippen LogP contribution in [0.5, 0.6) is 0 Å². The molecule has 0 spiro atoms. The van der Waals surface area contributed by atoms with Crippen LogP contribution in [0.25, 0.3) is 0 Å². The molecule has 15 heavy (non-hydrogen) atoms. The maximum atomic E-state index is 11.4. The lowest BCUT2D eigenvalue weighted by atomic mass is 10.1. The number of rotatable bonds is 3. The van der Waals surface area contributed by atoms with Crippen molar-refractivity contribution in [3.63, 3.8) is 0 Å². The molecule has 0 radical (unpaired) electrons. The smallest absolute Gasteiger partial charge is 0.380 e. The number of Topliss-reactive ketones (excluding diaryl/α,β-unsaturated/α-hetero) is 1. The van der Waals surface area contributed by atoms with E-state index < -0.39 is 11.8 Å². The SMILES string of the molecule is O=C(OCC#CBr)C(=O)c1ccccc1. The average Bonchev–Trinajstić information content (AvgIpc) is 2.29. The minimum absolute atomic E-state index is 0.0946. The van der Waals surface area contributed by atoms with Crippen LogP contribution in [0.2, 0.25) is 0 Å². The molecule has 0 atom stereocenters. The first-order chi connectivity index (χ1) is 7.25. The molecule has 3 nitrogen and oxygen atoms in total. The Morgan fingerprint density at radius 1 is 1.27 bits per heavy atom. The van der Waals surface area contributed by atoms with E-state index in [-0.39, 0.29) is 6.61 Å². The van der Waals surface area contributed by atoms with E-state index in [0.29, 0.717) is 5.56 Å². The molecule has 0 aliphatic heterocycles. The number of ketones is 1. The molecule has 76 valence electrons. The predicted octanol–water partition coefficient (Wildman–Crippen LogP) is 1.77. The zero-order chi connectivity index (χ0) is 11.1. The van der Waals surface area contributed by atoms with Crippen LogP contribution in [0.3, 0.4) is 0 Å². The van der Waals surface area contributed by atoms with E-state index >= 15 is 0 Å². The average molecular weight is 267 g/mol. The fourth-order valence-corrected chi connectivity index (χ4v) is 1.02. The predicted molar refractivity (Wildman–Crippen MR) is 58.4 cm³/mol. The van der Waals surface area contributed by atoms with Crippen LogP contribution in [0, 0.1) is 10.8 Å². The Morgan fingerprint density at radius 3 is 2.53 bits per heavy atom. The van der Waals surface area contributed by atoms with Gasteiger partial charge in [0, 0.05) is 21.5 Å². The number of carbonyl (C=O) groups excluding carboxylic acids is 2. The van der Waals surface area contributed by atoms with Gasteiger partial charge in [0.15, 0.2) is 6.61 Å². The Labute approximate surface area is 95.6 Å². The van der Waals surface area contributed by atoms with Crippen LogP contribution in [0.4, 0.5) is 0 Å². The van der Waals surface area contributed by atoms with Gasteiger partial charge in [-0.3, -0.25) is 4.79 Å². The molecule has 4 heteroatoms. The summed E-state index contributed by atoms with van der Waals surface area (Å²) < 4.78 is 4.61. The molecule has 0 aliphatic rings. The summed E-state index contributed by atoms with van der Waals surface area (Å²) in [6.07, 6.45) is 0. The van der Waals surface area contributed by atoms with Crippen molar-refractivity contribution in [1.82, 2.24) is 0 Å². The van der Waals surface area contributed by atoms with E-state index in [1.807, 2.05) is 0 Å². The van der Waals surface area contributed by atoms with Crippen LogP contribution >= 0.6 is 15.9 Å². The Balaban J connectivity index is 2.60. The van der Waals surface area contributed by atoms with Crippen molar-refractivity contribution in [2.75, 3.05) is 6.61 Å². The summed E-state index contributed by atoms with van der Waals surface area (Å²) in [5.41, 5.74) is 0.314. The van der Waals surface area contributed by atoms with Crippen molar-refractivity contribution in [2.24, 2.45) is 0 Å². The van der Waals surface area contributed by atoms with E-state index in [1.165, 1.54) is 0 Å². The molecule has 0 saturated heterocycles. The standard InChI is InChI=1S/C11H7BrO3/c12-7-4-8-15-11(14)10(13)9-5-2-1-3-6-9/h1-3,5-6H,8H2. The van der Waals surface area contributed by atoms with Crippen molar-refractivity contribution in [2.45, 2.75) is 0 Å².